The van der Waals surface area contributed by atoms with Gasteiger partial charge in [-0.05, 0) is 48.9 Å². The Morgan fingerprint density at radius 3 is 2.64 bits per heavy atom. The van der Waals surface area contributed by atoms with E-state index in [0.717, 1.165) is 29.1 Å². The van der Waals surface area contributed by atoms with Gasteiger partial charge in [-0.1, -0.05) is 39.0 Å². The van der Waals surface area contributed by atoms with Gasteiger partial charge in [0, 0.05) is 24.1 Å². The summed E-state index contributed by atoms with van der Waals surface area (Å²) in [5.74, 6) is 2.52. The van der Waals surface area contributed by atoms with Crippen LogP contribution in [0.5, 0.6) is 5.75 Å². The molecule has 1 saturated carbocycles. The van der Waals surface area contributed by atoms with Crippen LogP contribution in [0.4, 0.5) is 0 Å². The van der Waals surface area contributed by atoms with Crippen LogP contribution >= 0.6 is 0 Å². The van der Waals surface area contributed by atoms with Crippen LogP contribution in [0.1, 0.15) is 51.3 Å². The Balaban J connectivity index is 1.90. The van der Waals surface area contributed by atoms with E-state index in [1.165, 1.54) is 12.8 Å². The van der Waals surface area contributed by atoms with Gasteiger partial charge in [0.05, 0.1) is 11.4 Å². The topological polar surface area (TPSA) is 34.5 Å². The fourth-order valence-corrected chi connectivity index (χ4v) is 4.45. The molecule has 3 heteroatoms. The highest BCUT2D eigenvalue weighted by atomic mass is 16.5. The average molecular weight is 334 g/mol. The van der Waals surface area contributed by atoms with Crippen LogP contribution in [0.25, 0.3) is 0 Å². The highest BCUT2D eigenvalue weighted by molar-refractivity contribution is 6.14. The lowest BCUT2D eigenvalue weighted by Gasteiger charge is -2.47. The lowest BCUT2D eigenvalue weighted by atomic mass is 9.71. The van der Waals surface area contributed by atoms with Crippen molar-refractivity contribution < 1.29 is 4.74 Å². The molecule has 2 heterocycles. The molecule has 0 saturated heterocycles. The lowest BCUT2D eigenvalue weighted by Crippen LogP contribution is -2.51. The minimum atomic E-state index is -0.465. The quantitative estimate of drug-likeness (QED) is 0.766. The van der Waals surface area contributed by atoms with E-state index in [1.54, 1.807) is 0 Å². The number of nitrogens with zero attached hydrogens (tertiary/aromatic N) is 2. The van der Waals surface area contributed by atoms with Crippen LogP contribution in [-0.2, 0) is 0 Å². The van der Waals surface area contributed by atoms with Crippen LogP contribution in [-0.4, -0.2) is 16.4 Å². The van der Waals surface area contributed by atoms with Gasteiger partial charge in [-0.25, -0.2) is 4.99 Å². The van der Waals surface area contributed by atoms with Gasteiger partial charge in [0.15, 0.2) is 0 Å². The van der Waals surface area contributed by atoms with E-state index in [-0.39, 0.29) is 0 Å². The summed E-state index contributed by atoms with van der Waals surface area (Å²) >= 11 is 0. The van der Waals surface area contributed by atoms with Crippen LogP contribution in [0.3, 0.4) is 0 Å². The third-order valence-electron chi connectivity index (χ3n) is 5.63. The first-order valence-corrected chi connectivity index (χ1v) is 9.39. The number of hydrogen-bond donors (Lipinski definition) is 0. The van der Waals surface area contributed by atoms with Crippen molar-refractivity contribution in [2.24, 2.45) is 22.7 Å². The van der Waals surface area contributed by atoms with Crippen molar-refractivity contribution in [3.63, 3.8) is 0 Å². The molecule has 0 N–H and O–H groups in total. The Hall–Kier alpha value is -2.16. The fraction of sp³-hybridized carbons (Fsp3) is 0.455. The molecule has 1 aliphatic heterocycles. The molecule has 3 nitrogen and oxygen atoms in total. The van der Waals surface area contributed by atoms with Crippen molar-refractivity contribution in [3.05, 3.63) is 59.9 Å². The fourth-order valence-electron chi connectivity index (χ4n) is 4.45. The normalized spacial score (nSPS) is 28.4. The minimum Gasteiger partial charge on any atom is -0.465 e. The molecule has 0 radical (unpaired) electrons. The monoisotopic (exact) mass is 334 g/mol. The smallest absolute Gasteiger partial charge is 0.204 e. The molecular formula is C22H26N2O. The molecule has 1 fully saturated rings. The van der Waals surface area contributed by atoms with Crippen molar-refractivity contribution in [2.75, 3.05) is 0 Å². The summed E-state index contributed by atoms with van der Waals surface area (Å²) in [5, 5.41) is 0. The zero-order chi connectivity index (χ0) is 17.4. The van der Waals surface area contributed by atoms with Gasteiger partial charge < -0.3 is 4.74 Å². The largest absolute Gasteiger partial charge is 0.465 e. The standard InChI is InChI=1S/C22H26N2O/c1-15(2)18-12-11-16(3)14-22(18)24-21(19-9-6-7-13-23-19)17-8-4-5-10-20(17)25-22/h4-10,13,15-16,18H,11-12,14H2,1-3H3/t16-,18+,22+/m1/s1. The van der Waals surface area contributed by atoms with Gasteiger partial charge in [0.25, 0.3) is 0 Å². The Morgan fingerprint density at radius 1 is 1.08 bits per heavy atom. The van der Waals surface area contributed by atoms with E-state index < -0.39 is 5.72 Å². The Labute approximate surface area is 150 Å². The molecule has 0 unspecified atom stereocenters. The first kappa shape index (κ1) is 16.3. The zero-order valence-corrected chi connectivity index (χ0v) is 15.3. The molecule has 4 rings (SSSR count). The summed E-state index contributed by atoms with van der Waals surface area (Å²) in [6.45, 7) is 6.91. The molecule has 25 heavy (non-hydrogen) atoms. The van der Waals surface area contributed by atoms with Crippen LogP contribution in [0, 0.1) is 17.8 Å². The van der Waals surface area contributed by atoms with Crippen molar-refractivity contribution in [2.45, 2.75) is 45.8 Å². The molecule has 1 aromatic heterocycles. The highest BCUT2D eigenvalue weighted by Gasteiger charge is 2.49. The number of aliphatic imine (C=N–C) groups is 1. The summed E-state index contributed by atoms with van der Waals surface area (Å²) in [6, 6.07) is 14.3. The number of hydrogen-bond acceptors (Lipinski definition) is 3. The number of ether oxygens (including phenoxy) is 1. The van der Waals surface area contributed by atoms with Crippen molar-refractivity contribution in [3.8, 4) is 5.75 Å². The van der Waals surface area contributed by atoms with Crippen molar-refractivity contribution in [1.82, 2.24) is 4.98 Å². The first-order valence-electron chi connectivity index (χ1n) is 9.39. The Kier molecular flexibility index (Phi) is 4.10. The highest BCUT2D eigenvalue weighted by Crippen LogP contribution is 2.47. The van der Waals surface area contributed by atoms with Gasteiger partial charge in [0.1, 0.15) is 5.75 Å². The second-order valence-corrected chi connectivity index (χ2v) is 7.86. The van der Waals surface area contributed by atoms with Gasteiger partial charge in [0.2, 0.25) is 5.72 Å². The summed E-state index contributed by atoms with van der Waals surface area (Å²) in [7, 11) is 0. The molecule has 1 aliphatic carbocycles. The third-order valence-corrected chi connectivity index (χ3v) is 5.63. The summed E-state index contributed by atoms with van der Waals surface area (Å²) in [5.41, 5.74) is 2.49. The molecule has 3 atom stereocenters. The SMILES string of the molecule is CC(C)[C@@H]1CC[C@@H](C)C[C@@]12N=C(c1ccccn1)c1ccccc1O2. The molecule has 1 aromatic carbocycles. The lowest BCUT2D eigenvalue weighted by molar-refractivity contribution is -0.0538. The van der Waals surface area contributed by atoms with Gasteiger partial charge >= 0.3 is 0 Å². The molecule has 0 bridgehead atoms. The van der Waals surface area contributed by atoms with Crippen LogP contribution in [0.15, 0.2) is 53.7 Å². The maximum atomic E-state index is 6.64. The molecule has 2 aromatic rings. The minimum absolute atomic E-state index is 0.427. The molecular weight excluding hydrogens is 308 g/mol. The number of rotatable bonds is 2. The Bertz CT molecular complexity index is 784. The van der Waals surface area contributed by atoms with E-state index in [1.807, 2.05) is 36.5 Å². The summed E-state index contributed by atoms with van der Waals surface area (Å²) in [6.07, 6.45) is 5.23. The van der Waals surface area contributed by atoms with E-state index in [2.05, 4.69) is 37.9 Å². The van der Waals surface area contributed by atoms with Gasteiger partial charge in [-0.2, -0.15) is 0 Å². The number of pyridine rings is 1. The number of fused-ring (bicyclic) bond motifs is 1. The van der Waals surface area contributed by atoms with E-state index >= 15 is 0 Å². The number of aromatic nitrogens is 1. The van der Waals surface area contributed by atoms with E-state index in [9.17, 15) is 0 Å². The second kappa shape index (κ2) is 6.29. The van der Waals surface area contributed by atoms with Crippen molar-refractivity contribution in [1.29, 1.82) is 0 Å². The maximum Gasteiger partial charge on any atom is 0.204 e. The second-order valence-electron chi connectivity index (χ2n) is 7.86. The van der Waals surface area contributed by atoms with Crippen LogP contribution in [0.2, 0.25) is 0 Å². The van der Waals surface area contributed by atoms with Crippen molar-refractivity contribution >= 4 is 5.71 Å². The molecule has 0 amide bonds. The third kappa shape index (κ3) is 2.86. The predicted molar refractivity (Wildman–Crippen MR) is 101 cm³/mol. The summed E-state index contributed by atoms with van der Waals surface area (Å²) in [4.78, 5) is 9.85. The predicted octanol–water partition coefficient (Wildman–Crippen LogP) is 5.10. The first-order chi connectivity index (χ1) is 12.1. The number of para-hydroxylation sites is 1. The molecule has 130 valence electrons. The van der Waals surface area contributed by atoms with E-state index in [0.29, 0.717) is 17.8 Å². The maximum absolute atomic E-state index is 6.64. The zero-order valence-electron chi connectivity index (χ0n) is 15.3. The van der Waals surface area contributed by atoms with Crippen LogP contribution < -0.4 is 4.74 Å². The molecule has 2 aliphatic rings. The Morgan fingerprint density at radius 2 is 1.88 bits per heavy atom. The summed E-state index contributed by atoms with van der Waals surface area (Å²) < 4.78 is 6.64. The number of benzene rings is 1. The average Bonchev–Trinajstić information content (AvgIpc) is 2.61. The van der Waals surface area contributed by atoms with E-state index in [4.69, 9.17) is 9.73 Å². The molecule has 1 spiro atoms. The van der Waals surface area contributed by atoms with Gasteiger partial charge in [-0.3, -0.25) is 4.98 Å². The van der Waals surface area contributed by atoms with Gasteiger partial charge in [-0.15, -0.1) is 0 Å².